The predicted octanol–water partition coefficient (Wildman–Crippen LogP) is 3.33. The molecule has 1 aliphatic heterocycles. The van der Waals surface area contributed by atoms with E-state index in [1.54, 1.807) is 0 Å². The lowest BCUT2D eigenvalue weighted by Gasteiger charge is -2.25. The van der Waals surface area contributed by atoms with Crippen LogP contribution in [-0.2, 0) is 0 Å². The maximum absolute atomic E-state index is 4.40. The maximum atomic E-state index is 4.40. The van der Waals surface area contributed by atoms with Crippen LogP contribution in [0.15, 0.2) is 24.7 Å². The maximum Gasteiger partial charge on any atom is 0.0954 e. The molecule has 2 aromatic heterocycles. The Morgan fingerprint density at radius 3 is 2.84 bits per heavy atom. The van der Waals surface area contributed by atoms with E-state index in [9.17, 15) is 0 Å². The summed E-state index contributed by atoms with van der Waals surface area (Å²) >= 11 is 1.89. The molecule has 0 bridgehead atoms. The van der Waals surface area contributed by atoms with Crippen molar-refractivity contribution in [2.24, 2.45) is 0 Å². The van der Waals surface area contributed by atoms with E-state index in [0.717, 1.165) is 13.1 Å². The molecule has 0 spiro atoms. The van der Waals surface area contributed by atoms with Crippen LogP contribution < -0.4 is 5.32 Å². The van der Waals surface area contributed by atoms with Crippen LogP contribution in [0.3, 0.4) is 0 Å². The first-order valence-corrected chi connectivity index (χ1v) is 7.86. The third-order valence-electron chi connectivity index (χ3n) is 4.04. The van der Waals surface area contributed by atoms with Gasteiger partial charge >= 0.3 is 0 Å². The minimum absolute atomic E-state index is 0.395. The monoisotopic (exact) mass is 275 g/mol. The van der Waals surface area contributed by atoms with Crippen LogP contribution in [0.25, 0.3) is 0 Å². The second-order valence-electron chi connectivity index (χ2n) is 5.37. The molecule has 1 fully saturated rings. The van der Waals surface area contributed by atoms with Crippen LogP contribution in [0.1, 0.15) is 47.2 Å². The van der Waals surface area contributed by atoms with E-state index < -0.39 is 0 Å². The number of piperidine rings is 1. The topological polar surface area (TPSA) is 29.9 Å². The zero-order chi connectivity index (χ0) is 13.2. The van der Waals surface area contributed by atoms with Gasteiger partial charge in [-0.15, -0.1) is 11.3 Å². The minimum Gasteiger partial charge on any atom is -0.326 e. The molecule has 1 aliphatic rings. The average molecular weight is 275 g/mol. The Morgan fingerprint density at radius 1 is 1.37 bits per heavy atom. The summed E-state index contributed by atoms with van der Waals surface area (Å²) in [5.41, 5.74) is 1.40. The first-order chi connectivity index (χ1) is 9.25. The smallest absolute Gasteiger partial charge is 0.0954 e. The molecule has 4 heteroatoms. The molecular weight excluding hydrogens is 254 g/mol. The second kappa shape index (κ2) is 5.47. The fraction of sp³-hybridized carbons (Fsp3) is 0.533. The predicted molar refractivity (Wildman–Crippen MR) is 79.9 cm³/mol. The van der Waals surface area contributed by atoms with Crippen molar-refractivity contribution < 1.29 is 0 Å². The molecule has 3 heterocycles. The van der Waals surface area contributed by atoms with E-state index >= 15 is 0 Å². The van der Waals surface area contributed by atoms with Gasteiger partial charge in [0.05, 0.1) is 12.4 Å². The first-order valence-electron chi connectivity index (χ1n) is 7.04. The minimum atomic E-state index is 0.395. The average Bonchev–Trinajstić information content (AvgIpc) is 3.07. The molecule has 102 valence electrons. The van der Waals surface area contributed by atoms with Crippen molar-refractivity contribution in [1.82, 2.24) is 14.9 Å². The van der Waals surface area contributed by atoms with E-state index in [4.69, 9.17) is 0 Å². The van der Waals surface area contributed by atoms with Gasteiger partial charge in [-0.25, -0.2) is 4.98 Å². The Balaban J connectivity index is 1.86. The van der Waals surface area contributed by atoms with Crippen LogP contribution in [0, 0.1) is 6.92 Å². The van der Waals surface area contributed by atoms with Gasteiger partial charge in [-0.05, 0) is 51.9 Å². The summed E-state index contributed by atoms with van der Waals surface area (Å²) in [6.07, 6.45) is 6.51. The van der Waals surface area contributed by atoms with Gasteiger partial charge in [-0.3, -0.25) is 0 Å². The van der Waals surface area contributed by atoms with E-state index in [2.05, 4.69) is 47.0 Å². The number of rotatable bonds is 3. The van der Waals surface area contributed by atoms with E-state index in [-0.39, 0.29) is 0 Å². The van der Waals surface area contributed by atoms with Crippen LogP contribution in [0.5, 0.6) is 0 Å². The highest BCUT2D eigenvalue weighted by Crippen LogP contribution is 2.31. The highest BCUT2D eigenvalue weighted by molar-refractivity contribution is 7.12. The van der Waals surface area contributed by atoms with Crippen molar-refractivity contribution in [3.63, 3.8) is 0 Å². The number of nitrogens with zero attached hydrogens (tertiary/aromatic N) is 2. The Morgan fingerprint density at radius 2 is 2.16 bits per heavy atom. The Kier molecular flexibility index (Phi) is 3.71. The van der Waals surface area contributed by atoms with Crippen LogP contribution in [0.4, 0.5) is 0 Å². The van der Waals surface area contributed by atoms with Gasteiger partial charge in [0.1, 0.15) is 0 Å². The Labute approximate surface area is 118 Å². The van der Waals surface area contributed by atoms with Gasteiger partial charge in [-0.2, -0.15) is 0 Å². The van der Waals surface area contributed by atoms with Gasteiger partial charge in [0, 0.05) is 27.6 Å². The van der Waals surface area contributed by atoms with Crippen molar-refractivity contribution in [1.29, 1.82) is 0 Å². The summed E-state index contributed by atoms with van der Waals surface area (Å²) < 4.78 is 2.36. The van der Waals surface area contributed by atoms with Crippen molar-refractivity contribution in [3.05, 3.63) is 40.1 Å². The summed E-state index contributed by atoms with van der Waals surface area (Å²) in [4.78, 5) is 7.20. The Bertz CT molecular complexity index is 537. The van der Waals surface area contributed by atoms with Crippen molar-refractivity contribution in [2.45, 2.75) is 38.6 Å². The quantitative estimate of drug-likeness (QED) is 0.931. The molecule has 0 aromatic carbocycles. The number of aryl methyl sites for hydroxylation is 1. The number of thiophene rings is 1. The molecule has 1 N–H and O–H groups in total. The number of hydrogen-bond donors (Lipinski definition) is 1. The molecule has 0 radical (unpaired) electrons. The highest BCUT2D eigenvalue weighted by Gasteiger charge is 2.21. The number of hydrogen-bond acceptors (Lipinski definition) is 3. The molecule has 1 saturated heterocycles. The van der Waals surface area contributed by atoms with Gasteiger partial charge in [0.2, 0.25) is 0 Å². The highest BCUT2D eigenvalue weighted by atomic mass is 32.1. The summed E-state index contributed by atoms with van der Waals surface area (Å²) in [5.74, 6) is 0.659. The lowest BCUT2D eigenvalue weighted by atomic mass is 9.94. The summed E-state index contributed by atoms with van der Waals surface area (Å²) in [6.45, 7) is 6.70. The molecule has 2 aromatic rings. The summed E-state index contributed by atoms with van der Waals surface area (Å²) in [7, 11) is 0. The SMILES string of the molecule is Cc1ccc(C(C)n2cncc2C2CCNCC2)s1. The van der Waals surface area contributed by atoms with Gasteiger partial charge in [0.15, 0.2) is 0 Å². The third-order valence-corrected chi connectivity index (χ3v) is 5.21. The van der Waals surface area contributed by atoms with E-state index in [1.807, 2.05) is 17.7 Å². The summed E-state index contributed by atoms with van der Waals surface area (Å²) in [5, 5.41) is 3.43. The van der Waals surface area contributed by atoms with E-state index in [1.165, 1.54) is 28.3 Å². The number of imidazole rings is 1. The third kappa shape index (κ3) is 2.60. The largest absolute Gasteiger partial charge is 0.326 e. The summed E-state index contributed by atoms with van der Waals surface area (Å²) in [6, 6.07) is 4.85. The molecule has 1 unspecified atom stereocenters. The van der Waals surface area contributed by atoms with E-state index in [0.29, 0.717) is 12.0 Å². The lowest BCUT2D eigenvalue weighted by Crippen LogP contribution is -2.28. The molecule has 19 heavy (non-hydrogen) atoms. The molecule has 1 atom stereocenters. The van der Waals surface area contributed by atoms with Crippen LogP contribution in [0.2, 0.25) is 0 Å². The molecular formula is C15H21N3S. The van der Waals surface area contributed by atoms with Gasteiger partial charge < -0.3 is 9.88 Å². The fourth-order valence-corrected chi connectivity index (χ4v) is 3.82. The zero-order valence-electron chi connectivity index (χ0n) is 11.6. The first kappa shape index (κ1) is 12.9. The van der Waals surface area contributed by atoms with Crippen molar-refractivity contribution in [3.8, 4) is 0 Å². The number of aromatic nitrogens is 2. The molecule has 3 rings (SSSR count). The zero-order valence-corrected chi connectivity index (χ0v) is 12.4. The van der Waals surface area contributed by atoms with Crippen molar-refractivity contribution in [2.75, 3.05) is 13.1 Å². The van der Waals surface area contributed by atoms with Crippen LogP contribution >= 0.6 is 11.3 Å². The fourth-order valence-electron chi connectivity index (χ4n) is 2.89. The Hall–Kier alpha value is -1.13. The van der Waals surface area contributed by atoms with Crippen LogP contribution in [-0.4, -0.2) is 22.6 Å². The van der Waals surface area contributed by atoms with Crippen molar-refractivity contribution >= 4 is 11.3 Å². The lowest BCUT2D eigenvalue weighted by molar-refractivity contribution is 0.434. The normalized spacial score (nSPS) is 18.6. The molecule has 0 saturated carbocycles. The van der Waals surface area contributed by atoms with Gasteiger partial charge in [-0.1, -0.05) is 0 Å². The molecule has 0 aliphatic carbocycles. The standard InChI is InChI=1S/C15H21N3S/c1-11-3-4-15(19-11)12(2)18-10-17-9-14(18)13-5-7-16-8-6-13/h3-4,9-10,12-13,16H,5-8H2,1-2H3. The van der Waals surface area contributed by atoms with Gasteiger partial charge in [0.25, 0.3) is 0 Å². The number of nitrogens with one attached hydrogen (secondary N) is 1. The molecule has 0 amide bonds. The molecule has 3 nitrogen and oxygen atoms in total. The second-order valence-corrected chi connectivity index (χ2v) is 6.69.